The fourth-order valence-electron chi connectivity index (χ4n) is 3.24. The van der Waals surface area contributed by atoms with Gasteiger partial charge in [0.2, 0.25) is 0 Å². The van der Waals surface area contributed by atoms with Gasteiger partial charge in [-0.2, -0.15) is 0 Å². The van der Waals surface area contributed by atoms with Gasteiger partial charge in [-0.3, -0.25) is 0 Å². The molecular formula is C25H48O2. The van der Waals surface area contributed by atoms with E-state index in [2.05, 4.69) is 41.5 Å². The van der Waals surface area contributed by atoms with Gasteiger partial charge in [-0.05, 0) is 62.5 Å². The van der Waals surface area contributed by atoms with E-state index in [0.717, 1.165) is 45.3 Å². The highest BCUT2D eigenvalue weighted by atomic mass is 16.5. The molecule has 0 atom stereocenters. The minimum atomic E-state index is 0.121. The summed E-state index contributed by atoms with van der Waals surface area (Å²) in [6, 6.07) is 0. The van der Waals surface area contributed by atoms with Crippen LogP contribution < -0.4 is 0 Å². The second-order valence-electron chi connectivity index (χ2n) is 8.05. The zero-order valence-electron chi connectivity index (χ0n) is 19.4. The molecule has 0 aromatic carbocycles. The van der Waals surface area contributed by atoms with Gasteiger partial charge in [0.25, 0.3) is 0 Å². The summed E-state index contributed by atoms with van der Waals surface area (Å²) >= 11 is 0. The van der Waals surface area contributed by atoms with Gasteiger partial charge in [0.1, 0.15) is 0 Å². The normalized spacial score (nSPS) is 14.9. The van der Waals surface area contributed by atoms with Crippen molar-refractivity contribution in [2.75, 3.05) is 13.2 Å². The third-order valence-electron chi connectivity index (χ3n) is 5.70. The standard InChI is InChI=1S/C25H48O2/c1-7-13-16-23(10-4)19-26-21-25(12-6,18-15-9-3)22-27-20-24(11-5)17-14-8-2/h19-20H,7-18,21-22H2,1-6H3. The van der Waals surface area contributed by atoms with Crippen molar-refractivity contribution in [1.29, 1.82) is 0 Å². The fraction of sp³-hybridized carbons (Fsp3) is 0.840. The summed E-state index contributed by atoms with van der Waals surface area (Å²) in [5.74, 6) is 0. The second-order valence-corrected chi connectivity index (χ2v) is 8.05. The monoisotopic (exact) mass is 380 g/mol. The molecule has 0 aliphatic heterocycles. The minimum absolute atomic E-state index is 0.121. The van der Waals surface area contributed by atoms with Crippen LogP contribution in [0.25, 0.3) is 0 Å². The summed E-state index contributed by atoms with van der Waals surface area (Å²) < 4.78 is 12.2. The Morgan fingerprint density at radius 2 is 1.11 bits per heavy atom. The molecule has 0 bridgehead atoms. The first-order valence-corrected chi connectivity index (χ1v) is 11.7. The SMILES string of the molecule is CCCCC(=COCC(CC)(CCCC)COC=C(CC)CCCC)CC. The summed E-state index contributed by atoms with van der Waals surface area (Å²) in [5, 5.41) is 0. The first-order valence-electron chi connectivity index (χ1n) is 11.7. The quantitative estimate of drug-likeness (QED) is 0.222. The molecule has 0 saturated heterocycles. The Bertz CT molecular complexity index is 365. The lowest BCUT2D eigenvalue weighted by atomic mass is 9.82. The summed E-state index contributed by atoms with van der Waals surface area (Å²) in [4.78, 5) is 0. The van der Waals surface area contributed by atoms with E-state index in [1.54, 1.807) is 0 Å². The number of hydrogen-bond donors (Lipinski definition) is 0. The molecule has 0 aromatic rings. The van der Waals surface area contributed by atoms with Gasteiger partial charge in [-0.1, -0.05) is 67.2 Å². The molecule has 0 rings (SSSR count). The molecule has 0 saturated carbocycles. The summed E-state index contributed by atoms with van der Waals surface area (Å²) in [6.45, 7) is 15.0. The van der Waals surface area contributed by atoms with Crippen molar-refractivity contribution in [2.45, 2.75) is 119 Å². The van der Waals surface area contributed by atoms with E-state index >= 15 is 0 Å². The molecule has 0 aliphatic rings. The predicted molar refractivity (Wildman–Crippen MR) is 120 cm³/mol. The lowest BCUT2D eigenvalue weighted by Crippen LogP contribution is -2.31. The lowest BCUT2D eigenvalue weighted by Gasteiger charge is -2.31. The highest BCUT2D eigenvalue weighted by molar-refractivity contribution is 4.98. The Morgan fingerprint density at radius 3 is 1.44 bits per heavy atom. The third kappa shape index (κ3) is 12.2. The Hall–Kier alpha value is -0.920. The van der Waals surface area contributed by atoms with E-state index in [0.29, 0.717) is 0 Å². The van der Waals surface area contributed by atoms with Crippen LogP contribution in [0.5, 0.6) is 0 Å². The smallest absolute Gasteiger partial charge is 0.0961 e. The van der Waals surface area contributed by atoms with Gasteiger partial charge in [-0.25, -0.2) is 0 Å². The molecule has 0 heterocycles. The average molecular weight is 381 g/mol. The average Bonchev–Trinajstić information content (AvgIpc) is 2.70. The van der Waals surface area contributed by atoms with Gasteiger partial charge < -0.3 is 9.47 Å². The molecular weight excluding hydrogens is 332 g/mol. The topological polar surface area (TPSA) is 18.5 Å². The Balaban J connectivity index is 4.87. The first kappa shape index (κ1) is 26.1. The van der Waals surface area contributed by atoms with Gasteiger partial charge in [0.15, 0.2) is 0 Å². The van der Waals surface area contributed by atoms with Crippen LogP contribution in [0.1, 0.15) is 119 Å². The maximum absolute atomic E-state index is 6.12. The minimum Gasteiger partial charge on any atom is -0.501 e. The van der Waals surface area contributed by atoms with Gasteiger partial charge in [-0.15, -0.1) is 0 Å². The van der Waals surface area contributed by atoms with Crippen molar-refractivity contribution >= 4 is 0 Å². The van der Waals surface area contributed by atoms with Crippen LogP contribution in [0.3, 0.4) is 0 Å². The van der Waals surface area contributed by atoms with Crippen LogP contribution in [0.15, 0.2) is 23.7 Å². The van der Waals surface area contributed by atoms with Gasteiger partial charge in [0.05, 0.1) is 25.7 Å². The van der Waals surface area contributed by atoms with Crippen LogP contribution in [0.2, 0.25) is 0 Å². The van der Waals surface area contributed by atoms with E-state index in [1.807, 2.05) is 12.5 Å². The van der Waals surface area contributed by atoms with Crippen LogP contribution >= 0.6 is 0 Å². The lowest BCUT2D eigenvalue weighted by molar-refractivity contribution is 0.0253. The molecule has 0 radical (unpaired) electrons. The molecule has 0 unspecified atom stereocenters. The number of unbranched alkanes of at least 4 members (excludes halogenated alkanes) is 3. The third-order valence-corrected chi connectivity index (χ3v) is 5.70. The first-order chi connectivity index (χ1) is 13.1. The van der Waals surface area contributed by atoms with Crippen LogP contribution in [0, 0.1) is 5.41 Å². The number of ether oxygens (including phenoxy) is 2. The number of allylic oxidation sites excluding steroid dienone is 2. The maximum atomic E-state index is 6.12. The van der Waals surface area contributed by atoms with Gasteiger partial charge >= 0.3 is 0 Å². The number of rotatable bonds is 18. The van der Waals surface area contributed by atoms with Crippen molar-refractivity contribution < 1.29 is 9.47 Å². The molecule has 0 spiro atoms. The molecule has 27 heavy (non-hydrogen) atoms. The molecule has 0 aliphatic carbocycles. The van der Waals surface area contributed by atoms with Gasteiger partial charge in [0, 0.05) is 5.41 Å². The van der Waals surface area contributed by atoms with E-state index in [9.17, 15) is 0 Å². The van der Waals surface area contributed by atoms with Crippen LogP contribution in [-0.4, -0.2) is 13.2 Å². The fourth-order valence-corrected chi connectivity index (χ4v) is 3.24. The van der Waals surface area contributed by atoms with Crippen molar-refractivity contribution in [3.05, 3.63) is 23.7 Å². The number of hydrogen-bond acceptors (Lipinski definition) is 2. The Labute approximate surface area is 170 Å². The second kappa shape index (κ2) is 17.2. The van der Waals surface area contributed by atoms with Crippen molar-refractivity contribution in [3.8, 4) is 0 Å². The van der Waals surface area contributed by atoms with Crippen molar-refractivity contribution in [3.63, 3.8) is 0 Å². The molecule has 0 fully saturated rings. The van der Waals surface area contributed by atoms with E-state index in [4.69, 9.17) is 9.47 Å². The summed E-state index contributed by atoms with van der Waals surface area (Å²) in [7, 11) is 0. The molecule has 0 aromatic heterocycles. The molecule has 0 amide bonds. The maximum Gasteiger partial charge on any atom is 0.0961 e. The van der Waals surface area contributed by atoms with Crippen LogP contribution in [-0.2, 0) is 9.47 Å². The highest BCUT2D eigenvalue weighted by Crippen LogP contribution is 2.31. The molecule has 2 heteroatoms. The molecule has 2 nitrogen and oxygen atoms in total. The zero-order chi connectivity index (χ0) is 20.4. The van der Waals surface area contributed by atoms with Crippen molar-refractivity contribution in [1.82, 2.24) is 0 Å². The van der Waals surface area contributed by atoms with Crippen molar-refractivity contribution in [2.24, 2.45) is 5.41 Å². The molecule has 0 N–H and O–H groups in total. The summed E-state index contributed by atoms with van der Waals surface area (Å²) in [5.41, 5.74) is 2.99. The van der Waals surface area contributed by atoms with E-state index in [-0.39, 0.29) is 5.41 Å². The zero-order valence-corrected chi connectivity index (χ0v) is 19.4. The Kier molecular flexibility index (Phi) is 16.6. The highest BCUT2D eigenvalue weighted by Gasteiger charge is 2.29. The van der Waals surface area contributed by atoms with E-state index < -0.39 is 0 Å². The summed E-state index contributed by atoms with van der Waals surface area (Å²) in [6.07, 6.45) is 18.3. The predicted octanol–water partition coefficient (Wildman–Crippen LogP) is 8.57. The largest absolute Gasteiger partial charge is 0.501 e. The van der Waals surface area contributed by atoms with E-state index in [1.165, 1.54) is 56.1 Å². The van der Waals surface area contributed by atoms with Crippen LogP contribution in [0.4, 0.5) is 0 Å². The molecule has 160 valence electrons. The Morgan fingerprint density at radius 1 is 0.667 bits per heavy atom.